The van der Waals surface area contributed by atoms with Gasteiger partial charge in [-0.3, -0.25) is 14.5 Å². The van der Waals surface area contributed by atoms with E-state index < -0.39 is 23.8 Å². The van der Waals surface area contributed by atoms with Gasteiger partial charge in [-0.25, -0.2) is 4.79 Å². The van der Waals surface area contributed by atoms with Crippen molar-refractivity contribution in [3.05, 3.63) is 52.3 Å². The third-order valence-corrected chi connectivity index (χ3v) is 7.46. The van der Waals surface area contributed by atoms with Crippen molar-refractivity contribution < 1.29 is 19.1 Å². The maximum atomic E-state index is 13.4. The first-order chi connectivity index (χ1) is 18.1. The van der Waals surface area contributed by atoms with E-state index in [1.165, 1.54) is 0 Å². The normalized spacial score (nSPS) is 21.3. The molecule has 38 heavy (non-hydrogen) atoms. The van der Waals surface area contributed by atoms with E-state index in [-0.39, 0.29) is 29.8 Å². The zero-order valence-corrected chi connectivity index (χ0v) is 22.0. The number of aromatic nitrogens is 1. The predicted octanol–water partition coefficient (Wildman–Crippen LogP) is 4.03. The number of hydrogen-bond acceptors (Lipinski definition) is 6. The minimum Gasteiger partial charge on any atom is -0.497 e. The number of nitrogens with zero attached hydrogens (tertiary/aromatic N) is 2. The largest absolute Gasteiger partial charge is 0.497 e. The molecule has 1 aliphatic heterocycles. The lowest BCUT2D eigenvalue weighted by Crippen LogP contribution is -2.55. The number of methoxy groups -OCH3 is 1. The van der Waals surface area contributed by atoms with Crippen LogP contribution in [-0.2, 0) is 16.0 Å². The average Bonchev–Trinajstić information content (AvgIpc) is 3.49. The Morgan fingerprint density at radius 1 is 1.16 bits per heavy atom. The van der Waals surface area contributed by atoms with Gasteiger partial charge in [0.25, 0.3) is 5.56 Å². The number of H-pyrrole nitrogens is 1. The third kappa shape index (κ3) is 4.78. The quantitative estimate of drug-likeness (QED) is 0.494. The van der Waals surface area contributed by atoms with Gasteiger partial charge in [-0.05, 0) is 81.2 Å². The second-order valence-electron chi connectivity index (χ2n) is 11.2. The number of fused-ring (bicyclic) bond motifs is 5. The predicted molar refractivity (Wildman–Crippen MR) is 143 cm³/mol. The van der Waals surface area contributed by atoms with E-state index in [0.29, 0.717) is 16.7 Å². The summed E-state index contributed by atoms with van der Waals surface area (Å²) in [6, 6.07) is 11.6. The first kappa shape index (κ1) is 25.6. The van der Waals surface area contributed by atoms with Crippen molar-refractivity contribution in [2.24, 2.45) is 5.92 Å². The number of nitrogens with one attached hydrogen (secondary N) is 2. The first-order valence-electron chi connectivity index (χ1n) is 12.9. The lowest BCUT2D eigenvalue weighted by Gasteiger charge is -2.35. The highest BCUT2D eigenvalue weighted by atomic mass is 16.6. The minimum absolute atomic E-state index is 0.0215. The van der Waals surface area contributed by atoms with Gasteiger partial charge in [0, 0.05) is 28.8 Å². The smallest absolute Gasteiger partial charge is 0.411 e. The van der Waals surface area contributed by atoms with Gasteiger partial charge in [0.15, 0.2) is 0 Å². The van der Waals surface area contributed by atoms with Crippen LogP contribution in [0, 0.1) is 17.2 Å². The minimum atomic E-state index is -0.820. The number of carbonyl (C=O) groups excluding carboxylic acids is 2. The molecule has 2 bridgehead atoms. The van der Waals surface area contributed by atoms with Crippen molar-refractivity contribution in [3.63, 3.8) is 0 Å². The molecule has 5 rings (SSSR count). The molecule has 2 heterocycles. The van der Waals surface area contributed by atoms with Crippen LogP contribution in [-0.4, -0.2) is 52.7 Å². The van der Waals surface area contributed by atoms with E-state index in [0.717, 1.165) is 35.6 Å². The Morgan fingerprint density at radius 2 is 1.95 bits per heavy atom. The van der Waals surface area contributed by atoms with Gasteiger partial charge in [0.2, 0.25) is 5.91 Å². The van der Waals surface area contributed by atoms with Crippen LogP contribution in [0.2, 0.25) is 0 Å². The molecular formula is C29H32N4O5. The highest BCUT2D eigenvalue weighted by molar-refractivity contribution is 6.05. The number of amides is 2. The number of likely N-dealkylation sites (tertiary alicyclic amines) is 1. The molecule has 1 aliphatic carbocycles. The lowest BCUT2D eigenvalue weighted by molar-refractivity contribution is -0.128. The van der Waals surface area contributed by atoms with Crippen LogP contribution in [0.5, 0.6) is 5.75 Å². The molecule has 9 heteroatoms. The van der Waals surface area contributed by atoms with E-state index in [4.69, 9.17) is 9.47 Å². The molecule has 1 saturated carbocycles. The molecule has 2 N–H and O–H groups in total. The van der Waals surface area contributed by atoms with E-state index in [9.17, 15) is 19.6 Å². The molecule has 2 fully saturated rings. The molecule has 2 amide bonds. The molecule has 2 aliphatic rings. The highest BCUT2D eigenvalue weighted by Gasteiger charge is 2.52. The fourth-order valence-electron chi connectivity index (χ4n) is 5.84. The first-order valence-corrected chi connectivity index (χ1v) is 12.9. The number of rotatable bonds is 5. The van der Waals surface area contributed by atoms with Gasteiger partial charge in [-0.15, -0.1) is 0 Å². The highest BCUT2D eigenvalue weighted by Crippen LogP contribution is 2.43. The van der Waals surface area contributed by atoms with Crippen molar-refractivity contribution in [1.29, 1.82) is 5.26 Å². The van der Waals surface area contributed by atoms with Crippen molar-refractivity contribution in [2.75, 3.05) is 7.11 Å². The van der Waals surface area contributed by atoms with Crippen LogP contribution >= 0.6 is 0 Å². The second-order valence-corrected chi connectivity index (χ2v) is 11.2. The number of aromatic amines is 1. The van der Waals surface area contributed by atoms with Crippen molar-refractivity contribution in [1.82, 2.24) is 15.2 Å². The zero-order chi connectivity index (χ0) is 27.2. The summed E-state index contributed by atoms with van der Waals surface area (Å²) < 4.78 is 10.9. The summed E-state index contributed by atoms with van der Waals surface area (Å²) in [5.74, 6) is 0.394. The zero-order valence-electron chi connectivity index (χ0n) is 22.0. The van der Waals surface area contributed by atoms with Gasteiger partial charge in [-0.2, -0.15) is 5.26 Å². The number of piperidine rings is 1. The molecular weight excluding hydrogens is 484 g/mol. The standard InChI is InChI=1S/C29H32N4O5/c1-29(2,3)38-28(36)33-19-7-6-17(13-19)25(33)27(35)31-18(15-30)11-16-5-9-21-22-14-20(37-4)8-10-24(22)32-26(34)23(21)12-16/h5,8-10,12,14,17-19,25H,6-7,11,13H2,1-4H3,(H,31,35)(H,32,34). The van der Waals surface area contributed by atoms with Crippen molar-refractivity contribution in [2.45, 2.75) is 70.2 Å². The molecule has 198 valence electrons. The Hall–Kier alpha value is -4.06. The molecule has 0 spiro atoms. The van der Waals surface area contributed by atoms with Crippen LogP contribution in [0.1, 0.15) is 45.6 Å². The van der Waals surface area contributed by atoms with Crippen molar-refractivity contribution >= 4 is 33.7 Å². The molecule has 3 aromatic rings. The SMILES string of the molecule is COc1ccc2[nH]c(=O)c3cc(CC(C#N)NC(=O)C4C5CCC(C5)N4C(=O)OC(C)(C)C)ccc3c2c1. The van der Waals surface area contributed by atoms with Crippen LogP contribution in [0.3, 0.4) is 0 Å². The number of carbonyl (C=O) groups is 2. The fourth-order valence-corrected chi connectivity index (χ4v) is 5.84. The summed E-state index contributed by atoms with van der Waals surface area (Å²) in [6.45, 7) is 5.40. The summed E-state index contributed by atoms with van der Waals surface area (Å²) in [4.78, 5) is 43.6. The number of ether oxygens (including phenoxy) is 2. The van der Waals surface area contributed by atoms with Gasteiger partial charge in [-0.1, -0.05) is 12.1 Å². The molecule has 4 atom stereocenters. The average molecular weight is 517 g/mol. The Morgan fingerprint density at radius 3 is 2.66 bits per heavy atom. The number of nitriles is 1. The molecule has 2 aromatic carbocycles. The van der Waals surface area contributed by atoms with Crippen molar-refractivity contribution in [3.8, 4) is 11.8 Å². The maximum absolute atomic E-state index is 13.4. The maximum Gasteiger partial charge on any atom is 0.411 e. The Bertz CT molecular complexity index is 1520. The summed E-state index contributed by atoms with van der Waals surface area (Å²) in [6.07, 6.45) is 2.21. The Kier molecular flexibility index (Phi) is 6.51. The van der Waals surface area contributed by atoms with Crippen LogP contribution < -0.4 is 15.6 Å². The molecule has 1 saturated heterocycles. The van der Waals surface area contributed by atoms with Gasteiger partial charge in [0.05, 0.1) is 13.2 Å². The van der Waals surface area contributed by atoms with Gasteiger partial charge < -0.3 is 19.8 Å². The molecule has 4 unspecified atom stereocenters. The van der Waals surface area contributed by atoms with E-state index in [2.05, 4.69) is 16.4 Å². The number of pyridine rings is 1. The number of hydrogen-bond donors (Lipinski definition) is 2. The van der Waals surface area contributed by atoms with Gasteiger partial charge in [0.1, 0.15) is 23.4 Å². The van der Waals surface area contributed by atoms with E-state index in [1.54, 1.807) is 51.0 Å². The monoisotopic (exact) mass is 516 g/mol. The second kappa shape index (κ2) is 9.67. The van der Waals surface area contributed by atoms with Crippen LogP contribution in [0.4, 0.5) is 4.79 Å². The molecule has 1 aromatic heterocycles. The van der Waals surface area contributed by atoms with Crippen LogP contribution in [0.15, 0.2) is 41.2 Å². The summed E-state index contributed by atoms with van der Waals surface area (Å²) in [7, 11) is 1.59. The number of benzene rings is 2. The summed E-state index contributed by atoms with van der Waals surface area (Å²) >= 11 is 0. The molecule has 0 radical (unpaired) electrons. The Labute approximate surface area is 220 Å². The topological polar surface area (TPSA) is 125 Å². The summed E-state index contributed by atoms with van der Waals surface area (Å²) in [5.41, 5.74) is 0.555. The van der Waals surface area contributed by atoms with Crippen LogP contribution in [0.25, 0.3) is 21.7 Å². The van der Waals surface area contributed by atoms with Gasteiger partial charge >= 0.3 is 6.09 Å². The Balaban J connectivity index is 1.36. The van der Waals surface area contributed by atoms with E-state index >= 15 is 0 Å². The summed E-state index contributed by atoms with van der Waals surface area (Å²) in [5, 5.41) is 14.8. The fraction of sp³-hybridized carbons (Fsp3) is 0.448. The van der Waals surface area contributed by atoms with E-state index in [1.807, 2.05) is 18.2 Å². The third-order valence-electron chi connectivity index (χ3n) is 7.46. The lowest BCUT2D eigenvalue weighted by atomic mass is 9.97. The molecule has 9 nitrogen and oxygen atoms in total.